The summed E-state index contributed by atoms with van der Waals surface area (Å²) in [6.45, 7) is 14.6. The molecule has 1 amide bonds. The topological polar surface area (TPSA) is 93.0 Å². The second-order valence-electron chi connectivity index (χ2n) is 10.5. The molecule has 6 nitrogen and oxygen atoms in total. The average molecular weight is 505 g/mol. The molecular weight excluding hydrogens is 468 g/mol. The lowest BCUT2D eigenvalue weighted by Gasteiger charge is -2.21. The van der Waals surface area contributed by atoms with Crippen molar-refractivity contribution in [2.24, 2.45) is 11.3 Å². The van der Waals surface area contributed by atoms with Gasteiger partial charge in [0.2, 0.25) is 11.8 Å². The standard InChI is InChI=1S/C29H36N4O2S/c1-8-29(6,7)28(34)33-25-24(27-31-21-11-9-10-12-22(21)36-27)23(26(32-25)35-30)19-14-13-18(16(2)3)15-20(19)17(4)5/h9-17,32H,8,30H2,1-7H3,(H,33,34). The number of fused-ring (bicyclic) bond motifs is 1. The van der Waals surface area contributed by atoms with Crippen LogP contribution in [0.2, 0.25) is 0 Å². The number of H-pyrrole nitrogens is 1. The summed E-state index contributed by atoms with van der Waals surface area (Å²) < 4.78 is 1.07. The average Bonchev–Trinajstić information content (AvgIpc) is 3.44. The lowest BCUT2D eigenvalue weighted by atomic mass is 9.87. The summed E-state index contributed by atoms with van der Waals surface area (Å²) >= 11 is 1.58. The summed E-state index contributed by atoms with van der Waals surface area (Å²) in [6.07, 6.45) is 0.706. The third-order valence-corrected chi connectivity index (χ3v) is 8.02. The van der Waals surface area contributed by atoms with E-state index >= 15 is 0 Å². The summed E-state index contributed by atoms with van der Waals surface area (Å²) in [7, 11) is 0. The number of carbonyl (C=O) groups excluding carboxylic acids is 1. The number of aromatic nitrogens is 2. The van der Waals surface area contributed by atoms with Crippen LogP contribution in [-0.4, -0.2) is 15.9 Å². The number of rotatable bonds is 8. The number of benzene rings is 2. The monoisotopic (exact) mass is 504 g/mol. The molecular formula is C29H36N4O2S. The molecule has 0 aliphatic carbocycles. The van der Waals surface area contributed by atoms with Gasteiger partial charge < -0.3 is 15.1 Å². The molecule has 190 valence electrons. The Bertz CT molecular complexity index is 1360. The summed E-state index contributed by atoms with van der Waals surface area (Å²) in [5, 5.41) is 3.91. The Balaban J connectivity index is 2.01. The van der Waals surface area contributed by atoms with Crippen molar-refractivity contribution in [1.82, 2.24) is 9.97 Å². The highest BCUT2D eigenvalue weighted by atomic mass is 32.1. The zero-order valence-electron chi connectivity index (χ0n) is 22.2. The van der Waals surface area contributed by atoms with Gasteiger partial charge in [-0.15, -0.1) is 11.3 Å². The van der Waals surface area contributed by atoms with E-state index in [0.29, 0.717) is 24.0 Å². The molecule has 7 heteroatoms. The van der Waals surface area contributed by atoms with Crippen LogP contribution in [0.1, 0.15) is 77.8 Å². The van der Waals surface area contributed by atoms with Gasteiger partial charge in [0.15, 0.2) is 0 Å². The van der Waals surface area contributed by atoms with Gasteiger partial charge in [-0.3, -0.25) is 4.79 Å². The van der Waals surface area contributed by atoms with E-state index in [1.807, 2.05) is 39.0 Å². The molecule has 0 aliphatic rings. The van der Waals surface area contributed by atoms with E-state index in [-0.39, 0.29) is 11.8 Å². The molecule has 0 saturated carbocycles. The van der Waals surface area contributed by atoms with Gasteiger partial charge >= 0.3 is 0 Å². The van der Waals surface area contributed by atoms with Gasteiger partial charge in [0.25, 0.3) is 0 Å². The normalized spacial score (nSPS) is 12.1. The van der Waals surface area contributed by atoms with E-state index in [9.17, 15) is 4.79 Å². The number of aromatic amines is 1. The van der Waals surface area contributed by atoms with Crippen molar-refractivity contribution < 1.29 is 9.63 Å². The van der Waals surface area contributed by atoms with Gasteiger partial charge in [-0.25, -0.2) is 4.98 Å². The number of para-hydroxylation sites is 1. The Morgan fingerprint density at radius 2 is 1.83 bits per heavy atom. The molecule has 0 aliphatic heterocycles. The van der Waals surface area contributed by atoms with Gasteiger partial charge in [0.05, 0.1) is 21.3 Å². The number of nitrogens with two attached hydrogens (primary N) is 1. The van der Waals surface area contributed by atoms with Crippen LogP contribution >= 0.6 is 11.3 Å². The molecule has 0 saturated heterocycles. The number of nitrogens with zero attached hydrogens (tertiary/aromatic N) is 1. The maximum atomic E-state index is 13.2. The first-order chi connectivity index (χ1) is 17.1. The van der Waals surface area contributed by atoms with Gasteiger partial charge in [-0.2, -0.15) is 5.90 Å². The van der Waals surface area contributed by atoms with Crippen LogP contribution in [0.15, 0.2) is 42.5 Å². The summed E-state index contributed by atoms with van der Waals surface area (Å²) in [4.78, 5) is 26.8. The number of amides is 1. The van der Waals surface area contributed by atoms with Crippen LogP contribution in [0.25, 0.3) is 31.9 Å². The van der Waals surface area contributed by atoms with Crippen LogP contribution in [-0.2, 0) is 4.79 Å². The highest BCUT2D eigenvalue weighted by Crippen LogP contribution is 2.48. The van der Waals surface area contributed by atoms with E-state index in [1.165, 1.54) is 11.1 Å². The first-order valence-corrected chi connectivity index (χ1v) is 13.3. The van der Waals surface area contributed by atoms with Gasteiger partial charge in [0.1, 0.15) is 10.8 Å². The van der Waals surface area contributed by atoms with Crippen LogP contribution in [0.5, 0.6) is 5.88 Å². The highest BCUT2D eigenvalue weighted by Gasteiger charge is 2.31. The van der Waals surface area contributed by atoms with Gasteiger partial charge in [0, 0.05) is 5.41 Å². The number of hydrogen-bond acceptors (Lipinski definition) is 5. The van der Waals surface area contributed by atoms with E-state index < -0.39 is 5.41 Å². The second kappa shape index (κ2) is 10.1. The molecule has 0 bridgehead atoms. The maximum Gasteiger partial charge on any atom is 0.231 e. The zero-order valence-corrected chi connectivity index (χ0v) is 23.0. The van der Waals surface area contributed by atoms with Crippen molar-refractivity contribution in [3.63, 3.8) is 0 Å². The van der Waals surface area contributed by atoms with E-state index in [0.717, 1.165) is 31.9 Å². The Labute approximate surface area is 217 Å². The fourth-order valence-electron chi connectivity index (χ4n) is 4.20. The third kappa shape index (κ3) is 4.77. The smallest absolute Gasteiger partial charge is 0.231 e. The van der Waals surface area contributed by atoms with Crippen molar-refractivity contribution in [3.05, 3.63) is 53.6 Å². The molecule has 4 aromatic rings. The van der Waals surface area contributed by atoms with E-state index in [1.54, 1.807) is 11.3 Å². The van der Waals surface area contributed by atoms with E-state index in [4.69, 9.17) is 15.7 Å². The lowest BCUT2D eigenvalue weighted by Crippen LogP contribution is -2.30. The molecule has 36 heavy (non-hydrogen) atoms. The van der Waals surface area contributed by atoms with Crippen molar-refractivity contribution in [2.45, 2.75) is 66.7 Å². The van der Waals surface area contributed by atoms with Crippen LogP contribution in [0, 0.1) is 5.41 Å². The molecule has 0 spiro atoms. The second-order valence-corrected chi connectivity index (χ2v) is 11.6. The highest BCUT2D eigenvalue weighted by molar-refractivity contribution is 7.21. The molecule has 4 rings (SSSR count). The molecule has 2 aromatic heterocycles. The van der Waals surface area contributed by atoms with E-state index in [2.05, 4.69) is 62.3 Å². The van der Waals surface area contributed by atoms with Crippen molar-refractivity contribution >= 4 is 33.3 Å². The van der Waals surface area contributed by atoms with Crippen LogP contribution < -0.4 is 16.1 Å². The Morgan fingerprint density at radius 3 is 2.44 bits per heavy atom. The van der Waals surface area contributed by atoms with Crippen LogP contribution in [0.4, 0.5) is 5.82 Å². The minimum Gasteiger partial charge on any atom is -0.392 e. The first kappa shape index (κ1) is 25.9. The molecule has 0 unspecified atom stereocenters. The maximum absolute atomic E-state index is 13.2. The number of thiazole rings is 1. The first-order valence-electron chi connectivity index (χ1n) is 12.5. The fraction of sp³-hybridized carbons (Fsp3) is 0.379. The van der Waals surface area contributed by atoms with Crippen molar-refractivity contribution in [2.75, 3.05) is 5.32 Å². The Morgan fingerprint density at radius 1 is 1.11 bits per heavy atom. The minimum absolute atomic E-state index is 0.0806. The fourth-order valence-corrected chi connectivity index (χ4v) is 5.22. The molecule has 4 N–H and O–H groups in total. The van der Waals surface area contributed by atoms with Gasteiger partial charge in [-0.05, 0) is 47.1 Å². The summed E-state index contributed by atoms with van der Waals surface area (Å²) in [5.74, 6) is 7.33. The van der Waals surface area contributed by atoms with Crippen molar-refractivity contribution in [1.29, 1.82) is 0 Å². The predicted octanol–water partition coefficient (Wildman–Crippen LogP) is 7.83. The number of anilines is 1. The van der Waals surface area contributed by atoms with Crippen molar-refractivity contribution in [3.8, 4) is 27.6 Å². The molecule has 0 atom stereocenters. The summed E-state index contributed by atoms with van der Waals surface area (Å²) in [5.41, 5.74) is 5.43. The third-order valence-electron chi connectivity index (χ3n) is 6.96. The molecule has 2 heterocycles. The predicted molar refractivity (Wildman–Crippen MR) is 151 cm³/mol. The number of carbonyl (C=O) groups is 1. The Hall–Kier alpha value is -3.16. The van der Waals surface area contributed by atoms with Crippen LogP contribution in [0.3, 0.4) is 0 Å². The largest absolute Gasteiger partial charge is 0.392 e. The van der Waals surface area contributed by atoms with Gasteiger partial charge in [-0.1, -0.05) is 78.8 Å². The quantitative estimate of drug-likeness (QED) is 0.213. The SMILES string of the molecule is CCC(C)(C)C(=O)Nc1[nH]c(ON)c(-c2ccc(C(C)C)cc2C(C)C)c1-c1nc2ccccc2s1. The molecule has 2 aromatic carbocycles. The Kier molecular flexibility index (Phi) is 7.25. The minimum atomic E-state index is -0.540. The summed E-state index contributed by atoms with van der Waals surface area (Å²) in [6, 6.07) is 14.6. The number of hydrogen-bond donors (Lipinski definition) is 3. The lowest BCUT2D eigenvalue weighted by molar-refractivity contribution is -0.124. The number of nitrogens with one attached hydrogen (secondary N) is 2. The molecule has 0 radical (unpaired) electrons. The molecule has 0 fully saturated rings. The zero-order chi connectivity index (χ0) is 26.2.